The Hall–Kier alpha value is -0.860. The van der Waals surface area contributed by atoms with Gasteiger partial charge < -0.3 is 5.32 Å². The molecule has 1 fully saturated rings. The molecular weight excluding hydrogens is 244 g/mol. The van der Waals surface area contributed by atoms with Gasteiger partial charge in [-0.15, -0.1) is 0 Å². The number of nitrogens with zero attached hydrogens (tertiary/aromatic N) is 1. The molecule has 2 rings (SSSR count). The smallest absolute Gasteiger partial charge is 0.0320 e. The van der Waals surface area contributed by atoms with Crippen molar-refractivity contribution in [2.75, 3.05) is 19.6 Å². The van der Waals surface area contributed by atoms with Gasteiger partial charge >= 0.3 is 0 Å². The number of hydrogen-bond acceptors (Lipinski definition) is 2. The highest BCUT2D eigenvalue weighted by Crippen LogP contribution is 2.22. The second-order valence-electron chi connectivity index (χ2n) is 6.06. The van der Waals surface area contributed by atoms with Gasteiger partial charge in [0.1, 0.15) is 0 Å². The van der Waals surface area contributed by atoms with Crippen molar-refractivity contribution in [2.24, 2.45) is 0 Å². The second kappa shape index (κ2) is 7.80. The summed E-state index contributed by atoms with van der Waals surface area (Å²) < 4.78 is 0. The normalized spacial score (nSPS) is 20.5. The maximum Gasteiger partial charge on any atom is 0.0320 e. The first-order chi connectivity index (χ1) is 9.74. The zero-order chi connectivity index (χ0) is 14.4. The van der Waals surface area contributed by atoms with Crippen LogP contribution in [0.1, 0.15) is 57.2 Å². The lowest BCUT2D eigenvalue weighted by Gasteiger charge is -2.31. The first-order valence-electron chi connectivity index (χ1n) is 8.30. The summed E-state index contributed by atoms with van der Waals surface area (Å²) in [6.45, 7) is 10.4. The lowest BCUT2D eigenvalue weighted by Crippen LogP contribution is -2.39. The van der Waals surface area contributed by atoms with E-state index >= 15 is 0 Å². The molecule has 2 unspecified atom stereocenters. The van der Waals surface area contributed by atoms with E-state index in [2.05, 4.69) is 55.3 Å². The Balaban J connectivity index is 2.01. The number of benzene rings is 1. The largest absolute Gasteiger partial charge is 0.313 e. The van der Waals surface area contributed by atoms with Crippen molar-refractivity contribution in [2.45, 2.75) is 58.5 Å². The predicted octanol–water partition coefficient (Wildman–Crippen LogP) is 3.77. The van der Waals surface area contributed by atoms with Crippen molar-refractivity contribution >= 4 is 0 Å². The van der Waals surface area contributed by atoms with E-state index in [9.17, 15) is 0 Å². The third-order valence-electron chi connectivity index (χ3n) is 4.55. The van der Waals surface area contributed by atoms with Gasteiger partial charge in [-0.25, -0.2) is 0 Å². The van der Waals surface area contributed by atoms with E-state index in [0.717, 1.165) is 6.42 Å². The predicted molar refractivity (Wildman–Crippen MR) is 87.1 cm³/mol. The summed E-state index contributed by atoms with van der Waals surface area (Å²) >= 11 is 0. The van der Waals surface area contributed by atoms with E-state index in [1.807, 2.05) is 0 Å². The van der Waals surface area contributed by atoms with Crippen molar-refractivity contribution in [1.82, 2.24) is 10.2 Å². The molecule has 0 saturated carbocycles. The van der Waals surface area contributed by atoms with E-state index in [1.165, 1.54) is 50.0 Å². The van der Waals surface area contributed by atoms with E-state index < -0.39 is 0 Å². The monoisotopic (exact) mass is 274 g/mol. The molecule has 0 spiro atoms. The Morgan fingerprint density at radius 3 is 2.55 bits per heavy atom. The minimum absolute atomic E-state index is 0.517. The van der Waals surface area contributed by atoms with Crippen molar-refractivity contribution in [3.63, 3.8) is 0 Å². The molecule has 0 bridgehead atoms. The summed E-state index contributed by atoms with van der Waals surface area (Å²) in [5, 5.41) is 3.63. The van der Waals surface area contributed by atoms with E-state index in [4.69, 9.17) is 0 Å². The van der Waals surface area contributed by atoms with Gasteiger partial charge in [-0.2, -0.15) is 0 Å². The molecule has 2 nitrogen and oxygen atoms in total. The average molecular weight is 274 g/mol. The van der Waals surface area contributed by atoms with Crippen LogP contribution in [-0.2, 0) is 6.42 Å². The summed E-state index contributed by atoms with van der Waals surface area (Å²) in [6, 6.07) is 10.4. The number of nitrogens with one attached hydrogen (secondary N) is 1. The van der Waals surface area contributed by atoms with Crippen LogP contribution >= 0.6 is 0 Å². The molecule has 112 valence electrons. The highest BCUT2D eigenvalue weighted by molar-refractivity contribution is 5.24. The lowest BCUT2D eigenvalue weighted by atomic mass is 10.0. The Bertz CT molecular complexity index is 379. The van der Waals surface area contributed by atoms with Gasteiger partial charge in [-0.1, -0.05) is 38.1 Å². The molecule has 0 aromatic heterocycles. The number of hydrogen-bond donors (Lipinski definition) is 1. The van der Waals surface area contributed by atoms with Crippen LogP contribution in [0.25, 0.3) is 0 Å². The molecule has 2 atom stereocenters. The van der Waals surface area contributed by atoms with Crippen molar-refractivity contribution < 1.29 is 0 Å². The number of rotatable bonds is 7. The Kier molecular flexibility index (Phi) is 6.06. The fourth-order valence-corrected chi connectivity index (χ4v) is 3.17. The fraction of sp³-hybridized carbons (Fsp3) is 0.667. The number of aryl methyl sites for hydroxylation is 1. The standard InChI is InChI=1S/C18H30N2/c1-4-13-20(14-18-7-6-12-19-18)15(3)17-10-8-16(5-2)9-11-17/h8-11,15,18-19H,4-7,12-14H2,1-3H3. The van der Waals surface area contributed by atoms with E-state index in [-0.39, 0.29) is 0 Å². The molecule has 1 heterocycles. The third-order valence-corrected chi connectivity index (χ3v) is 4.55. The van der Waals surface area contributed by atoms with Crippen LogP contribution in [-0.4, -0.2) is 30.6 Å². The highest BCUT2D eigenvalue weighted by Gasteiger charge is 2.21. The van der Waals surface area contributed by atoms with E-state index in [0.29, 0.717) is 12.1 Å². The summed E-state index contributed by atoms with van der Waals surface area (Å²) in [4.78, 5) is 2.64. The van der Waals surface area contributed by atoms with Gasteiger partial charge in [0.2, 0.25) is 0 Å². The topological polar surface area (TPSA) is 15.3 Å². The summed E-state index contributed by atoms with van der Waals surface area (Å²) in [7, 11) is 0. The summed E-state index contributed by atoms with van der Waals surface area (Å²) in [5.41, 5.74) is 2.88. The van der Waals surface area contributed by atoms with Crippen LogP contribution in [0.2, 0.25) is 0 Å². The first-order valence-corrected chi connectivity index (χ1v) is 8.30. The molecular formula is C18H30N2. The van der Waals surface area contributed by atoms with Crippen LogP contribution in [0.4, 0.5) is 0 Å². The van der Waals surface area contributed by atoms with Gasteiger partial charge in [0, 0.05) is 18.6 Å². The second-order valence-corrected chi connectivity index (χ2v) is 6.06. The minimum atomic E-state index is 0.517. The molecule has 0 aliphatic carbocycles. The minimum Gasteiger partial charge on any atom is -0.313 e. The fourth-order valence-electron chi connectivity index (χ4n) is 3.17. The molecule has 2 heteroatoms. The quantitative estimate of drug-likeness (QED) is 0.814. The molecule has 1 aromatic carbocycles. The van der Waals surface area contributed by atoms with Crippen molar-refractivity contribution in [1.29, 1.82) is 0 Å². The van der Waals surface area contributed by atoms with Crippen LogP contribution in [0, 0.1) is 0 Å². The van der Waals surface area contributed by atoms with Gasteiger partial charge in [-0.3, -0.25) is 4.90 Å². The third kappa shape index (κ3) is 4.07. The van der Waals surface area contributed by atoms with Crippen molar-refractivity contribution in [3.05, 3.63) is 35.4 Å². The molecule has 1 aliphatic rings. The van der Waals surface area contributed by atoms with Crippen LogP contribution in [0.5, 0.6) is 0 Å². The first kappa shape index (κ1) is 15.5. The van der Waals surface area contributed by atoms with Gasteiger partial charge in [-0.05, 0) is 56.8 Å². The lowest BCUT2D eigenvalue weighted by molar-refractivity contribution is 0.192. The molecule has 1 N–H and O–H groups in total. The Labute approximate surface area is 124 Å². The zero-order valence-corrected chi connectivity index (χ0v) is 13.4. The summed E-state index contributed by atoms with van der Waals surface area (Å²) in [6.07, 6.45) is 5.02. The molecule has 0 radical (unpaired) electrons. The van der Waals surface area contributed by atoms with Crippen molar-refractivity contribution in [3.8, 4) is 0 Å². The van der Waals surface area contributed by atoms with Crippen LogP contribution < -0.4 is 5.32 Å². The Morgan fingerprint density at radius 1 is 1.25 bits per heavy atom. The van der Waals surface area contributed by atoms with Crippen LogP contribution in [0.15, 0.2) is 24.3 Å². The van der Waals surface area contributed by atoms with Gasteiger partial charge in [0.15, 0.2) is 0 Å². The molecule has 1 aliphatic heterocycles. The molecule has 20 heavy (non-hydrogen) atoms. The summed E-state index contributed by atoms with van der Waals surface area (Å²) in [5.74, 6) is 0. The average Bonchev–Trinajstić information content (AvgIpc) is 2.99. The Morgan fingerprint density at radius 2 is 2.00 bits per heavy atom. The maximum absolute atomic E-state index is 3.63. The SMILES string of the molecule is CCCN(CC1CCCN1)C(C)c1ccc(CC)cc1. The zero-order valence-electron chi connectivity index (χ0n) is 13.4. The van der Waals surface area contributed by atoms with E-state index in [1.54, 1.807) is 0 Å². The van der Waals surface area contributed by atoms with Gasteiger partial charge in [0.25, 0.3) is 0 Å². The highest BCUT2D eigenvalue weighted by atomic mass is 15.2. The maximum atomic E-state index is 3.63. The molecule has 1 saturated heterocycles. The molecule has 0 amide bonds. The molecule has 1 aromatic rings. The van der Waals surface area contributed by atoms with Crippen LogP contribution in [0.3, 0.4) is 0 Å². The van der Waals surface area contributed by atoms with Gasteiger partial charge in [0.05, 0.1) is 0 Å².